The Balaban J connectivity index is 1.18. The van der Waals surface area contributed by atoms with Crippen LogP contribution >= 0.6 is 11.6 Å². The number of halogens is 1. The third kappa shape index (κ3) is 5.03. The molecule has 1 saturated carbocycles. The number of benzene rings is 2. The van der Waals surface area contributed by atoms with Crippen LogP contribution in [0.4, 0.5) is 4.79 Å². The molecule has 0 atom stereocenters. The lowest BCUT2D eigenvalue weighted by Gasteiger charge is -2.45. The molecule has 1 spiro atoms. The molecule has 1 aliphatic heterocycles. The van der Waals surface area contributed by atoms with Gasteiger partial charge in [-0.15, -0.1) is 0 Å². The summed E-state index contributed by atoms with van der Waals surface area (Å²) in [5.41, 5.74) is 2.73. The van der Waals surface area contributed by atoms with Crippen molar-refractivity contribution in [3.8, 4) is 5.75 Å². The summed E-state index contributed by atoms with van der Waals surface area (Å²) in [7, 11) is 1.69. The molecule has 2 amide bonds. The zero-order chi connectivity index (χ0) is 20.3. The van der Waals surface area contributed by atoms with Crippen LogP contribution in [0.1, 0.15) is 30.4 Å². The van der Waals surface area contributed by atoms with Gasteiger partial charge in [-0.25, -0.2) is 4.79 Å². The molecule has 2 aromatic carbocycles. The second-order valence-corrected chi connectivity index (χ2v) is 8.80. The van der Waals surface area contributed by atoms with E-state index in [0.717, 1.165) is 43.8 Å². The number of carbonyl (C=O) groups is 1. The Morgan fingerprint density at radius 3 is 2.52 bits per heavy atom. The fourth-order valence-corrected chi connectivity index (χ4v) is 4.72. The molecule has 6 heteroatoms. The number of carbonyl (C=O) groups excluding carboxylic acids is 1. The summed E-state index contributed by atoms with van der Waals surface area (Å²) in [5.74, 6) is 0.897. The van der Waals surface area contributed by atoms with Crippen molar-refractivity contribution in [3.63, 3.8) is 0 Å². The van der Waals surface area contributed by atoms with Gasteiger partial charge in [-0.3, -0.25) is 4.90 Å². The minimum Gasteiger partial charge on any atom is -0.497 e. The van der Waals surface area contributed by atoms with Crippen molar-refractivity contribution in [3.05, 3.63) is 64.7 Å². The van der Waals surface area contributed by atoms with Gasteiger partial charge in [0.1, 0.15) is 5.75 Å². The average molecular weight is 414 g/mol. The Bertz CT molecular complexity index is 832. The van der Waals surface area contributed by atoms with Gasteiger partial charge >= 0.3 is 6.03 Å². The van der Waals surface area contributed by atoms with Crippen LogP contribution in [0.25, 0.3) is 0 Å². The van der Waals surface area contributed by atoms with E-state index in [9.17, 15) is 4.79 Å². The summed E-state index contributed by atoms with van der Waals surface area (Å²) in [6, 6.07) is 16.0. The van der Waals surface area contributed by atoms with Gasteiger partial charge in [0.05, 0.1) is 7.11 Å². The second-order valence-electron chi connectivity index (χ2n) is 8.37. The molecule has 1 heterocycles. The van der Waals surface area contributed by atoms with E-state index in [4.69, 9.17) is 16.3 Å². The molecule has 1 aliphatic carbocycles. The Morgan fingerprint density at radius 1 is 1.14 bits per heavy atom. The molecule has 0 unspecified atom stereocenters. The van der Waals surface area contributed by atoms with Gasteiger partial charge in [0, 0.05) is 30.7 Å². The molecule has 2 N–H and O–H groups in total. The highest BCUT2D eigenvalue weighted by molar-refractivity contribution is 6.30. The number of nitrogens with zero attached hydrogens (tertiary/aromatic N) is 1. The van der Waals surface area contributed by atoms with E-state index in [1.807, 2.05) is 36.4 Å². The fourth-order valence-electron chi connectivity index (χ4n) is 4.59. The van der Waals surface area contributed by atoms with Crippen LogP contribution in [0.2, 0.25) is 5.02 Å². The first kappa shape index (κ1) is 20.0. The SMILES string of the molecule is COc1ccc(CN2CCC3(CC(NC(=O)NCc4ccc(Cl)cc4)C3)C2)cc1. The summed E-state index contributed by atoms with van der Waals surface area (Å²) in [4.78, 5) is 14.7. The van der Waals surface area contributed by atoms with Crippen molar-refractivity contribution in [1.29, 1.82) is 0 Å². The smallest absolute Gasteiger partial charge is 0.315 e. The van der Waals surface area contributed by atoms with Gasteiger partial charge in [0.15, 0.2) is 0 Å². The number of amides is 2. The van der Waals surface area contributed by atoms with Gasteiger partial charge in [-0.2, -0.15) is 0 Å². The molecule has 0 bridgehead atoms. The summed E-state index contributed by atoms with van der Waals surface area (Å²) in [6.07, 6.45) is 3.36. The Hall–Kier alpha value is -2.24. The van der Waals surface area contributed by atoms with Gasteiger partial charge in [-0.05, 0) is 66.6 Å². The van der Waals surface area contributed by atoms with Crippen molar-refractivity contribution >= 4 is 17.6 Å². The van der Waals surface area contributed by atoms with E-state index in [1.54, 1.807) is 7.11 Å². The first-order valence-electron chi connectivity index (χ1n) is 10.2. The summed E-state index contributed by atoms with van der Waals surface area (Å²) in [6.45, 7) is 3.73. The van der Waals surface area contributed by atoms with E-state index in [2.05, 4.69) is 27.7 Å². The Morgan fingerprint density at radius 2 is 1.83 bits per heavy atom. The van der Waals surface area contributed by atoms with Crippen molar-refractivity contribution in [2.75, 3.05) is 20.2 Å². The van der Waals surface area contributed by atoms with Crippen LogP contribution in [0.5, 0.6) is 5.75 Å². The molecule has 2 aliphatic rings. The standard InChI is InChI=1S/C23H28ClN3O2/c1-29-21-8-4-18(5-9-21)15-27-11-10-23(16-27)12-20(13-23)26-22(28)25-14-17-2-6-19(24)7-3-17/h2-9,20H,10-16H2,1H3,(H2,25,26,28). The highest BCUT2D eigenvalue weighted by Crippen LogP contribution is 2.48. The highest BCUT2D eigenvalue weighted by atomic mass is 35.5. The molecule has 1 saturated heterocycles. The predicted molar refractivity (Wildman–Crippen MR) is 115 cm³/mol. The number of hydrogen-bond acceptors (Lipinski definition) is 3. The first-order valence-corrected chi connectivity index (χ1v) is 10.6. The summed E-state index contributed by atoms with van der Waals surface area (Å²) in [5, 5.41) is 6.76. The van der Waals surface area contributed by atoms with Gasteiger partial charge in [-0.1, -0.05) is 35.9 Å². The zero-order valence-corrected chi connectivity index (χ0v) is 17.5. The average Bonchev–Trinajstić information content (AvgIpc) is 3.12. The number of likely N-dealkylation sites (tertiary alicyclic amines) is 1. The van der Waals surface area contributed by atoms with Crippen LogP contribution < -0.4 is 15.4 Å². The van der Waals surface area contributed by atoms with Gasteiger partial charge in [0.2, 0.25) is 0 Å². The lowest BCUT2D eigenvalue weighted by Crippen LogP contribution is -2.53. The Labute approximate surface area is 177 Å². The number of ether oxygens (including phenoxy) is 1. The van der Waals surface area contributed by atoms with Crippen LogP contribution in [-0.4, -0.2) is 37.2 Å². The zero-order valence-electron chi connectivity index (χ0n) is 16.8. The van der Waals surface area contributed by atoms with Crippen LogP contribution in [-0.2, 0) is 13.1 Å². The van der Waals surface area contributed by atoms with E-state index in [0.29, 0.717) is 17.0 Å². The maximum Gasteiger partial charge on any atom is 0.315 e. The molecule has 0 aromatic heterocycles. The van der Waals surface area contributed by atoms with Crippen LogP contribution in [0, 0.1) is 5.41 Å². The van der Waals surface area contributed by atoms with Crippen molar-refractivity contribution < 1.29 is 9.53 Å². The van der Waals surface area contributed by atoms with E-state index in [-0.39, 0.29) is 12.1 Å². The maximum absolute atomic E-state index is 12.2. The number of hydrogen-bond donors (Lipinski definition) is 2. The topological polar surface area (TPSA) is 53.6 Å². The van der Waals surface area contributed by atoms with Crippen molar-refractivity contribution in [1.82, 2.24) is 15.5 Å². The number of rotatable bonds is 6. The lowest BCUT2D eigenvalue weighted by atomic mass is 9.65. The maximum atomic E-state index is 12.2. The normalized spacial score (nSPS) is 23.6. The largest absolute Gasteiger partial charge is 0.497 e. The number of nitrogens with one attached hydrogen (secondary N) is 2. The van der Waals surface area contributed by atoms with Crippen molar-refractivity contribution in [2.45, 2.75) is 38.4 Å². The summed E-state index contributed by atoms with van der Waals surface area (Å²) < 4.78 is 5.23. The summed E-state index contributed by atoms with van der Waals surface area (Å²) >= 11 is 5.89. The van der Waals surface area contributed by atoms with Crippen LogP contribution in [0.15, 0.2) is 48.5 Å². The molecular weight excluding hydrogens is 386 g/mol. The fraction of sp³-hybridized carbons (Fsp3) is 0.435. The van der Waals surface area contributed by atoms with E-state index >= 15 is 0 Å². The van der Waals surface area contributed by atoms with E-state index in [1.165, 1.54) is 12.0 Å². The second kappa shape index (κ2) is 8.64. The van der Waals surface area contributed by atoms with E-state index < -0.39 is 0 Å². The molecule has 154 valence electrons. The lowest BCUT2D eigenvalue weighted by molar-refractivity contribution is 0.0929. The minimum atomic E-state index is -0.0899. The van der Waals surface area contributed by atoms with Gasteiger partial charge in [0.25, 0.3) is 0 Å². The first-order chi connectivity index (χ1) is 14.0. The quantitative estimate of drug-likeness (QED) is 0.746. The minimum absolute atomic E-state index is 0.0899. The number of urea groups is 1. The molecule has 0 radical (unpaired) electrons. The van der Waals surface area contributed by atoms with Gasteiger partial charge < -0.3 is 15.4 Å². The number of methoxy groups -OCH3 is 1. The molecule has 4 rings (SSSR count). The highest BCUT2D eigenvalue weighted by Gasteiger charge is 2.48. The van der Waals surface area contributed by atoms with Crippen LogP contribution in [0.3, 0.4) is 0 Å². The Kier molecular flexibility index (Phi) is 5.97. The molecule has 2 aromatic rings. The van der Waals surface area contributed by atoms with Crippen molar-refractivity contribution in [2.24, 2.45) is 5.41 Å². The molecule has 2 fully saturated rings. The molecule has 5 nitrogen and oxygen atoms in total. The monoisotopic (exact) mass is 413 g/mol. The third-order valence-electron chi connectivity index (χ3n) is 6.14. The third-order valence-corrected chi connectivity index (χ3v) is 6.39. The predicted octanol–water partition coefficient (Wildman–Crippen LogP) is 4.20. The molecule has 29 heavy (non-hydrogen) atoms. The molecular formula is C23H28ClN3O2.